The molecule has 1 unspecified atom stereocenters. The zero-order valence-corrected chi connectivity index (χ0v) is 18.3. The number of para-hydroxylation sites is 2. The monoisotopic (exact) mass is 453 g/mol. The van der Waals surface area contributed by atoms with Crippen LogP contribution in [0.5, 0.6) is 0 Å². The van der Waals surface area contributed by atoms with Gasteiger partial charge in [-0.25, -0.2) is 13.4 Å². The van der Waals surface area contributed by atoms with Crippen LogP contribution in [-0.2, 0) is 21.7 Å². The van der Waals surface area contributed by atoms with Crippen molar-refractivity contribution in [2.75, 3.05) is 5.75 Å². The maximum Gasteiger partial charge on any atom is 0.236 e. The van der Waals surface area contributed by atoms with E-state index in [0.29, 0.717) is 10.8 Å². The van der Waals surface area contributed by atoms with E-state index in [0.717, 1.165) is 16.6 Å². The van der Waals surface area contributed by atoms with Crippen molar-refractivity contribution in [3.63, 3.8) is 0 Å². The standard InChI is InChI=1S/C23H20ClN3O3S/c1-27-20-10-6-5-9-19(20)25-23(27)22(16-7-3-2-4-8-16)26-21(28)15-31(29,30)18-13-11-17(24)12-14-18/h2-14,22H,15H2,1H3,(H,26,28). The van der Waals surface area contributed by atoms with E-state index in [2.05, 4.69) is 5.32 Å². The summed E-state index contributed by atoms with van der Waals surface area (Å²) in [4.78, 5) is 17.6. The van der Waals surface area contributed by atoms with Gasteiger partial charge in [-0.2, -0.15) is 0 Å². The highest BCUT2D eigenvalue weighted by molar-refractivity contribution is 7.92. The number of rotatable bonds is 6. The molecule has 31 heavy (non-hydrogen) atoms. The lowest BCUT2D eigenvalue weighted by Crippen LogP contribution is -2.35. The Bertz CT molecular complexity index is 1330. The summed E-state index contributed by atoms with van der Waals surface area (Å²) in [5.41, 5.74) is 2.52. The molecule has 6 nitrogen and oxygen atoms in total. The zero-order chi connectivity index (χ0) is 22.0. The van der Waals surface area contributed by atoms with Crippen molar-refractivity contribution in [2.24, 2.45) is 7.05 Å². The summed E-state index contributed by atoms with van der Waals surface area (Å²) < 4.78 is 27.3. The third-order valence-electron chi connectivity index (χ3n) is 5.01. The lowest BCUT2D eigenvalue weighted by atomic mass is 10.1. The van der Waals surface area contributed by atoms with Gasteiger partial charge in [-0.3, -0.25) is 4.79 Å². The Morgan fingerprint density at radius 3 is 2.32 bits per heavy atom. The predicted octanol–water partition coefficient (Wildman–Crippen LogP) is 3.91. The van der Waals surface area contributed by atoms with Crippen LogP contribution in [0.3, 0.4) is 0 Å². The third-order valence-corrected chi connectivity index (χ3v) is 6.90. The Labute approximate surface area is 185 Å². The molecule has 0 radical (unpaired) electrons. The Kier molecular flexibility index (Phi) is 5.80. The fraction of sp³-hybridized carbons (Fsp3) is 0.130. The number of aryl methyl sites for hydroxylation is 1. The lowest BCUT2D eigenvalue weighted by molar-refractivity contribution is -0.119. The maximum absolute atomic E-state index is 12.8. The number of imidazole rings is 1. The highest BCUT2D eigenvalue weighted by Crippen LogP contribution is 2.25. The normalized spacial score (nSPS) is 12.6. The molecule has 0 bridgehead atoms. The summed E-state index contributed by atoms with van der Waals surface area (Å²) in [5, 5.41) is 3.29. The number of hydrogen-bond donors (Lipinski definition) is 1. The van der Waals surface area contributed by atoms with Gasteiger partial charge in [0, 0.05) is 12.1 Å². The Morgan fingerprint density at radius 2 is 1.65 bits per heavy atom. The minimum Gasteiger partial charge on any atom is -0.341 e. The molecule has 1 N–H and O–H groups in total. The molecule has 0 fully saturated rings. The van der Waals surface area contributed by atoms with Gasteiger partial charge in [0.1, 0.15) is 17.6 Å². The number of carbonyl (C=O) groups excluding carboxylic acids is 1. The van der Waals surface area contributed by atoms with E-state index in [1.165, 1.54) is 24.3 Å². The molecule has 4 rings (SSSR count). The molecular formula is C23H20ClN3O3S. The SMILES string of the molecule is Cn1c(C(NC(=O)CS(=O)(=O)c2ccc(Cl)cc2)c2ccccc2)nc2ccccc21. The van der Waals surface area contributed by atoms with Crippen molar-refractivity contribution in [2.45, 2.75) is 10.9 Å². The van der Waals surface area contributed by atoms with E-state index in [1.54, 1.807) is 0 Å². The summed E-state index contributed by atoms with van der Waals surface area (Å²) in [6.07, 6.45) is 0. The summed E-state index contributed by atoms with van der Waals surface area (Å²) in [5.74, 6) is -0.678. The first-order valence-electron chi connectivity index (χ1n) is 9.59. The number of nitrogens with one attached hydrogen (secondary N) is 1. The summed E-state index contributed by atoms with van der Waals surface area (Å²) in [6.45, 7) is 0. The second-order valence-electron chi connectivity index (χ2n) is 7.14. The van der Waals surface area contributed by atoms with E-state index < -0.39 is 27.5 Å². The van der Waals surface area contributed by atoms with Crippen LogP contribution in [0.25, 0.3) is 11.0 Å². The summed E-state index contributed by atoms with van der Waals surface area (Å²) >= 11 is 5.84. The number of amides is 1. The van der Waals surface area contributed by atoms with E-state index >= 15 is 0 Å². The minimum absolute atomic E-state index is 0.0473. The number of nitrogens with zero attached hydrogens (tertiary/aromatic N) is 2. The molecule has 0 spiro atoms. The lowest BCUT2D eigenvalue weighted by Gasteiger charge is -2.19. The largest absolute Gasteiger partial charge is 0.341 e. The molecule has 8 heteroatoms. The van der Waals surface area contributed by atoms with E-state index in [-0.39, 0.29) is 4.90 Å². The minimum atomic E-state index is -3.82. The van der Waals surface area contributed by atoms with Crippen LogP contribution in [-0.4, -0.2) is 29.6 Å². The molecule has 0 aliphatic carbocycles. The third kappa shape index (κ3) is 4.47. The summed E-state index contributed by atoms with van der Waals surface area (Å²) in [7, 11) is -1.95. The van der Waals surface area contributed by atoms with Crippen molar-refractivity contribution < 1.29 is 13.2 Å². The maximum atomic E-state index is 12.8. The van der Waals surface area contributed by atoms with Gasteiger partial charge in [0.05, 0.1) is 15.9 Å². The molecule has 1 atom stereocenters. The number of hydrogen-bond acceptors (Lipinski definition) is 4. The van der Waals surface area contributed by atoms with Crippen molar-refractivity contribution in [3.05, 3.63) is 95.3 Å². The molecule has 1 amide bonds. The van der Waals surface area contributed by atoms with E-state index in [9.17, 15) is 13.2 Å². The fourth-order valence-corrected chi connectivity index (χ4v) is 4.74. The van der Waals surface area contributed by atoms with Crippen molar-refractivity contribution in [1.82, 2.24) is 14.9 Å². The fourth-order valence-electron chi connectivity index (χ4n) is 3.47. The van der Waals surface area contributed by atoms with Gasteiger partial charge in [0.15, 0.2) is 9.84 Å². The van der Waals surface area contributed by atoms with Crippen LogP contribution in [0.1, 0.15) is 17.4 Å². The van der Waals surface area contributed by atoms with Gasteiger partial charge < -0.3 is 9.88 Å². The smallest absolute Gasteiger partial charge is 0.236 e. The quantitative estimate of drug-likeness (QED) is 0.480. The van der Waals surface area contributed by atoms with E-state index in [4.69, 9.17) is 16.6 Å². The van der Waals surface area contributed by atoms with Crippen molar-refractivity contribution >= 4 is 38.4 Å². The number of aromatic nitrogens is 2. The highest BCUT2D eigenvalue weighted by Gasteiger charge is 2.26. The van der Waals surface area contributed by atoms with Crippen molar-refractivity contribution in [1.29, 1.82) is 0 Å². The molecule has 0 aliphatic heterocycles. The number of halogens is 1. The Balaban J connectivity index is 1.66. The topological polar surface area (TPSA) is 81.1 Å². The Morgan fingerprint density at radius 1 is 1.00 bits per heavy atom. The number of fused-ring (bicyclic) bond motifs is 1. The highest BCUT2D eigenvalue weighted by atomic mass is 35.5. The molecule has 4 aromatic rings. The second-order valence-corrected chi connectivity index (χ2v) is 9.57. The van der Waals surface area contributed by atoms with Crippen LogP contribution < -0.4 is 5.32 Å². The van der Waals surface area contributed by atoms with Crippen LogP contribution in [0.4, 0.5) is 0 Å². The van der Waals surface area contributed by atoms with Crippen LogP contribution in [0.15, 0.2) is 83.8 Å². The molecule has 158 valence electrons. The van der Waals surface area contributed by atoms with Gasteiger partial charge in [0.25, 0.3) is 0 Å². The zero-order valence-electron chi connectivity index (χ0n) is 16.7. The average Bonchev–Trinajstić information content (AvgIpc) is 3.09. The van der Waals surface area contributed by atoms with Crippen LogP contribution in [0, 0.1) is 0 Å². The van der Waals surface area contributed by atoms with Crippen molar-refractivity contribution in [3.8, 4) is 0 Å². The molecule has 0 saturated carbocycles. The number of sulfone groups is 1. The molecule has 0 saturated heterocycles. The van der Waals surface area contributed by atoms with Crippen LogP contribution >= 0.6 is 11.6 Å². The predicted molar refractivity (Wildman–Crippen MR) is 121 cm³/mol. The first kappa shape index (κ1) is 21.1. The molecule has 1 heterocycles. The van der Waals surface area contributed by atoms with Gasteiger partial charge in [-0.05, 0) is 42.0 Å². The van der Waals surface area contributed by atoms with Gasteiger partial charge in [-0.1, -0.05) is 54.1 Å². The molecule has 3 aromatic carbocycles. The average molecular weight is 454 g/mol. The van der Waals surface area contributed by atoms with E-state index in [1.807, 2.05) is 66.2 Å². The van der Waals surface area contributed by atoms with Gasteiger partial charge >= 0.3 is 0 Å². The Hall–Kier alpha value is -3.16. The van der Waals surface area contributed by atoms with Crippen LogP contribution in [0.2, 0.25) is 5.02 Å². The first-order chi connectivity index (χ1) is 14.8. The number of carbonyl (C=O) groups is 1. The summed E-state index contributed by atoms with van der Waals surface area (Å²) in [6, 6.07) is 22.2. The number of benzene rings is 3. The molecule has 0 aliphatic rings. The first-order valence-corrected chi connectivity index (χ1v) is 11.6. The second kappa shape index (κ2) is 8.53. The van der Waals surface area contributed by atoms with Gasteiger partial charge in [-0.15, -0.1) is 0 Å². The molecule has 1 aromatic heterocycles. The van der Waals surface area contributed by atoms with Gasteiger partial charge in [0.2, 0.25) is 5.91 Å². The molecular weight excluding hydrogens is 434 g/mol.